The van der Waals surface area contributed by atoms with Crippen molar-refractivity contribution in [2.75, 3.05) is 45.4 Å². The highest BCUT2D eigenvalue weighted by Crippen LogP contribution is 2.31. The summed E-state index contributed by atoms with van der Waals surface area (Å²) in [5, 5.41) is 3.29. The number of ether oxygens (including phenoxy) is 3. The molecule has 0 radical (unpaired) electrons. The highest BCUT2D eigenvalue weighted by Gasteiger charge is 2.27. The van der Waals surface area contributed by atoms with Gasteiger partial charge in [0.2, 0.25) is 0 Å². The predicted molar refractivity (Wildman–Crippen MR) is 75.9 cm³/mol. The summed E-state index contributed by atoms with van der Waals surface area (Å²) < 4.78 is 15.4. The lowest BCUT2D eigenvalue weighted by Gasteiger charge is -2.25. The lowest BCUT2D eigenvalue weighted by Crippen LogP contribution is -2.25. The molecule has 0 saturated carbocycles. The topological polar surface area (TPSA) is 56.8 Å². The fraction of sp³-hybridized carbons (Fsp3) is 0.533. The molecule has 2 rings (SSSR count). The quantitative estimate of drug-likeness (QED) is 0.609. The van der Waals surface area contributed by atoms with Crippen molar-refractivity contribution in [1.29, 1.82) is 0 Å². The minimum Gasteiger partial charge on any atom is -0.463 e. The zero-order valence-electron chi connectivity index (χ0n) is 11.8. The van der Waals surface area contributed by atoms with Crippen LogP contribution in [0.3, 0.4) is 0 Å². The molecule has 1 unspecified atom stereocenters. The van der Waals surface area contributed by atoms with Crippen LogP contribution in [-0.4, -0.2) is 46.1 Å². The lowest BCUT2D eigenvalue weighted by atomic mass is 9.91. The largest absolute Gasteiger partial charge is 0.463 e. The molecular weight excluding hydrogens is 258 g/mol. The summed E-state index contributed by atoms with van der Waals surface area (Å²) in [4.78, 5) is 12.1. The summed E-state index contributed by atoms with van der Waals surface area (Å²) in [5.41, 5.74) is 2.04. The third-order valence-electron chi connectivity index (χ3n) is 3.27. The van der Waals surface area contributed by atoms with E-state index in [9.17, 15) is 4.79 Å². The normalized spacial score (nSPS) is 17.1. The minimum absolute atomic E-state index is 0.172. The fourth-order valence-electron chi connectivity index (χ4n) is 2.26. The van der Waals surface area contributed by atoms with Crippen LogP contribution in [0.25, 0.3) is 0 Å². The van der Waals surface area contributed by atoms with Crippen molar-refractivity contribution < 1.29 is 19.0 Å². The van der Waals surface area contributed by atoms with Crippen molar-refractivity contribution in [1.82, 2.24) is 0 Å². The van der Waals surface area contributed by atoms with E-state index in [0.717, 1.165) is 24.2 Å². The highest BCUT2D eigenvalue weighted by molar-refractivity contribution is 5.81. The molecule has 0 spiro atoms. The van der Waals surface area contributed by atoms with Crippen LogP contribution < -0.4 is 5.32 Å². The first kappa shape index (κ1) is 14.8. The van der Waals surface area contributed by atoms with Gasteiger partial charge in [0.15, 0.2) is 0 Å². The molecule has 20 heavy (non-hydrogen) atoms. The Morgan fingerprint density at radius 3 is 2.90 bits per heavy atom. The summed E-state index contributed by atoms with van der Waals surface area (Å²) in [7, 11) is 1.62. The molecule has 1 aliphatic rings. The van der Waals surface area contributed by atoms with E-state index in [1.807, 2.05) is 24.3 Å². The zero-order chi connectivity index (χ0) is 14.2. The Labute approximate surface area is 119 Å². The van der Waals surface area contributed by atoms with E-state index in [1.54, 1.807) is 7.11 Å². The van der Waals surface area contributed by atoms with Gasteiger partial charge in [-0.3, -0.25) is 4.79 Å². The standard InChI is InChI=1S/C15H21NO4/c1-18-8-9-19-10-11-20-15(17)13-6-7-16-14-5-3-2-4-12(13)14/h2-5,13,16H,6-11H2,1H3. The second-order valence-electron chi connectivity index (χ2n) is 4.63. The Balaban J connectivity index is 1.79. The van der Waals surface area contributed by atoms with Crippen LogP contribution in [0.1, 0.15) is 17.9 Å². The van der Waals surface area contributed by atoms with Gasteiger partial charge in [-0.1, -0.05) is 18.2 Å². The molecule has 0 aliphatic carbocycles. The van der Waals surface area contributed by atoms with Gasteiger partial charge in [0.25, 0.3) is 0 Å². The van der Waals surface area contributed by atoms with Gasteiger partial charge in [-0.25, -0.2) is 0 Å². The first-order chi connectivity index (χ1) is 9.83. The van der Waals surface area contributed by atoms with E-state index in [0.29, 0.717) is 19.8 Å². The number of carbonyl (C=O) groups is 1. The zero-order valence-corrected chi connectivity index (χ0v) is 11.8. The molecule has 1 heterocycles. The van der Waals surface area contributed by atoms with Crippen LogP contribution >= 0.6 is 0 Å². The number of anilines is 1. The number of carbonyl (C=O) groups excluding carboxylic acids is 1. The number of esters is 1. The average molecular weight is 279 g/mol. The number of hydrogen-bond acceptors (Lipinski definition) is 5. The van der Waals surface area contributed by atoms with Gasteiger partial charge in [0.05, 0.1) is 25.7 Å². The van der Waals surface area contributed by atoms with Gasteiger partial charge < -0.3 is 19.5 Å². The van der Waals surface area contributed by atoms with Crippen molar-refractivity contribution in [3.8, 4) is 0 Å². The van der Waals surface area contributed by atoms with Crippen LogP contribution in [0, 0.1) is 0 Å². The summed E-state index contributed by atoms with van der Waals surface area (Å²) in [5.74, 6) is -0.347. The maximum Gasteiger partial charge on any atom is 0.313 e. The smallest absolute Gasteiger partial charge is 0.313 e. The lowest BCUT2D eigenvalue weighted by molar-refractivity contribution is -0.147. The SMILES string of the molecule is COCCOCCOC(=O)C1CCNc2ccccc21. The van der Waals surface area contributed by atoms with Gasteiger partial charge in [0.1, 0.15) is 6.61 Å². The van der Waals surface area contributed by atoms with Gasteiger partial charge in [-0.2, -0.15) is 0 Å². The fourth-order valence-corrected chi connectivity index (χ4v) is 2.26. The number of fused-ring (bicyclic) bond motifs is 1. The Morgan fingerprint density at radius 1 is 1.25 bits per heavy atom. The molecule has 0 aromatic heterocycles. The predicted octanol–water partition coefficient (Wildman–Crippen LogP) is 1.79. The minimum atomic E-state index is -0.175. The van der Waals surface area contributed by atoms with Crippen molar-refractivity contribution in [2.45, 2.75) is 12.3 Å². The highest BCUT2D eigenvalue weighted by atomic mass is 16.6. The molecule has 0 fully saturated rings. The molecule has 5 nitrogen and oxygen atoms in total. The molecule has 1 N–H and O–H groups in total. The average Bonchev–Trinajstić information content (AvgIpc) is 2.50. The van der Waals surface area contributed by atoms with Gasteiger partial charge >= 0.3 is 5.97 Å². The molecule has 110 valence electrons. The van der Waals surface area contributed by atoms with Crippen molar-refractivity contribution >= 4 is 11.7 Å². The van der Waals surface area contributed by atoms with Crippen LogP contribution in [0.4, 0.5) is 5.69 Å². The summed E-state index contributed by atoms with van der Waals surface area (Å²) in [6.07, 6.45) is 0.764. The van der Waals surface area contributed by atoms with E-state index >= 15 is 0 Å². The third-order valence-corrected chi connectivity index (χ3v) is 3.27. The monoisotopic (exact) mass is 279 g/mol. The Hall–Kier alpha value is -1.59. The first-order valence-electron chi connectivity index (χ1n) is 6.89. The van der Waals surface area contributed by atoms with Crippen LogP contribution in [0.5, 0.6) is 0 Å². The maximum absolute atomic E-state index is 12.1. The Bertz CT molecular complexity index is 436. The molecule has 0 bridgehead atoms. The van der Waals surface area contributed by atoms with E-state index in [1.165, 1.54) is 0 Å². The first-order valence-corrected chi connectivity index (χ1v) is 6.89. The number of para-hydroxylation sites is 1. The number of benzene rings is 1. The summed E-state index contributed by atoms with van der Waals surface area (Å²) in [6, 6.07) is 7.87. The molecule has 5 heteroatoms. The van der Waals surface area contributed by atoms with Crippen molar-refractivity contribution in [3.63, 3.8) is 0 Å². The Morgan fingerprint density at radius 2 is 2.05 bits per heavy atom. The molecule has 0 amide bonds. The van der Waals surface area contributed by atoms with E-state index < -0.39 is 0 Å². The molecule has 1 atom stereocenters. The number of hydrogen-bond donors (Lipinski definition) is 1. The molecule has 1 aromatic rings. The van der Waals surface area contributed by atoms with Crippen molar-refractivity contribution in [3.05, 3.63) is 29.8 Å². The van der Waals surface area contributed by atoms with E-state index in [2.05, 4.69) is 5.32 Å². The Kier molecular flexibility index (Phi) is 5.83. The van der Waals surface area contributed by atoms with Crippen LogP contribution in [-0.2, 0) is 19.0 Å². The second kappa shape index (κ2) is 7.87. The van der Waals surface area contributed by atoms with Crippen LogP contribution in [0.2, 0.25) is 0 Å². The molecule has 0 saturated heterocycles. The number of methoxy groups -OCH3 is 1. The molecule has 1 aliphatic heterocycles. The van der Waals surface area contributed by atoms with Gasteiger partial charge in [-0.05, 0) is 18.1 Å². The van der Waals surface area contributed by atoms with E-state index in [-0.39, 0.29) is 18.5 Å². The summed E-state index contributed by atoms with van der Waals surface area (Å²) >= 11 is 0. The second-order valence-corrected chi connectivity index (χ2v) is 4.63. The molecule has 1 aromatic carbocycles. The third kappa shape index (κ3) is 3.95. The summed E-state index contributed by atoms with van der Waals surface area (Å²) in [6.45, 7) is 2.55. The van der Waals surface area contributed by atoms with Crippen LogP contribution in [0.15, 0.2) is 24.3 Å². The van der Waals surface area contributed by atoms with Gasteiger partial charge in [-0.15, -0.1) is 0 Å². The number of rotatable bonds is 7. The van der Waals surface area contributed by atoms with E-state index in [4.69, 9.17) is 14.2 Å². The number of nitrogens with one attached hydrogen (secondary N) is 1. The maximum atomic E-state index is 12.1. The van der Waals surface area contributed by atoms with Gasteiger partial charge in [0, 0.05) is 19.3 Å². The molecular formula is C15H21NO4. The van der Waals surface area contributed by atoms with Crippen molar-refractivity contribution in [2.24, 2.45) is 0 Å².